The molecule has 25 heavy (non-hydrogen) atoms. The molecule has 1 aromatic carbocycles. The number of carbonyl (C=O) groups excluding carboxylic acids is 1. The van der Waals surface area contributed by atoms with Crippen molar-refractivity contribution in [2.45, 2.75) is 23.6 Å². The fraction of sp³-hybridized carbons (Fsp3) is 0.353. The number of hydrogen-bond acceptors (Lipinski definition) is 5. The lowest BCUT2D eigenvalue weighted by molar-refractivity contribution is 0.0914. The van der Waals surface area contributed by atoms with Gasteiger partial charge in [-0.1, -0.05) is 19.1 Å². The predicted octanol–water partition coefficient (Wildman–Crippen LogP) is 2.28. The summed E-state index contributed by atoms with van der Waals surface area (Å²) >= 11 is 1.15. The molecule has 0 bridgehead atoms. The number of piperidine rings is 1. The van der Waals surface area contributed by atoms with Gasteiger partial charge in [-0.3, -0.25) is 9.52 Å². The summed E-state index contributed by atoms with van der Waals surface area (Å²) in [5.74, 6) is 0.175. The van der Waals surface area contributed by atoms with E-state index in [0.29, 0.717) is 17.2 Å². The van der Waals surface area contributed by atoms with Crippen molar-refractivity contribution >= 4 is 33.0 Å². The Hall–Kier alpha value is -1.90. The van der Waals surface area contributed by atoms with Gasteiger partial charge in [0.25, 0.3) is 15.9 Å². The Kier molecular flexibility index (Phi) is 5.41. The van der Waals surface area contributed by atoms with E-state index in [9.17, 15) is 13.2 Å². The first-order chi connectivity index (χ1) is 12.0. The van der Waals surface area contributed by atoms with Crippen molar-refractivity contribution in [1.82, 2.24) is 10.6 Å². The molecule has 1 saturated heterocycles. The van der Waals surface area contributed by atoms with Crippen LogP contribution in [-0.4, -0.2) is 33.5 Å². The van der Waals surface area contributed by atoms with E-state index in [-0.39, 0.29) is 16.2 Å². The summed E-state index contributed by atoms with van der Waals surface area (Å²) in [5.41, 5.74) is 0.816. The summed E-state index contributed by atoms with van der Waals surface area (Å²) in [6.45, 7) is 3.87. The summed E-state index contributed by atoms with van der Waals surface area (Å²) in [5, 5.41) is 8.05. The van der Waals surface area contributed by atoms with Crippen LogP contribution in [0.15, 0.2) is 46.0 Å². The maximum absolute atomic E-state index is 12.5. The summed E-state index contributed by atoms with van der Waals surface area (Å²) < 4.78 is 27.4. The lowest BCUT2D eigenvalue weighted by Crippen LogP contribution is -2.48. The zero-order chi connectivity index (χ0) is 17.9. The van der Waals surface area contributed by atoms with Gasteiger partial charge in [0, 0.05) is 17.3 Å². The Labute approximate surface area is 151 Å². The van der Waals surface area contributed by atoms with Gasteiger partial charge in [-0.15, -0.1) is 11.3 Å². The van der Waals surface area contributed by atoms with Crippen LogP contribution in [0.4, 0.5) is 5.69 Å². The predicted molar refractivity (Wildman–Crippen MR) is 99.5 cm³/mol. The molecule has 0 radical (unpaired) electrons. The van der Waals surface area contributed by atoms with Crippen LogP contribution in [-0.2, 0) is 10.0 Å². The number of thiophene rings is 1. The summed E-state index contributed by atoms with van der Waals surface area (Å²) in [6, 6.07) is 9.91. The number of benzene rings is 1. The van der Waals surface area contributed by atoms with E-state index >= 15 is 0 Å². The molecule has 0 aliphatic carbocycles. The second kappa shape index (κ2) is 7.55. The van der Waals surface area contributed by atoms with Crippen LogP contribution >= 0.6 is 11.3 Å². The number of sulfonamides is 1. The quantitative estimate of drug-likeness (QED) is 0.744. The second-order valence-electron chi connectivity index (χ2n) is 6.17. The van der Waals surface area contributed by atoms with Gasteiger partial charge in [0.2, 0.25) is 0 Å². The molecule has 6 nitrogen and oxygen atoms in total. The third kappa shape index (κ3) is 4.39. The Bertz CT molecular complexity index is 835. The average molecular weight is 380 g/mol. The number of carbonyl (C=O) groups is 1. The molecule has 2 atom stereocenters. The molecule has 2 unspecified atom stereocenters. The van der Waals surface area contributed by atoms with E-state index in [1.54, 1.807) is 41.8 Å². The highest BCUT2D eigenvalue weighted by molar-refractivity contribution is 7.94. The molecule has 8 heteroatoms. The summed E-state index contributed by atoms with van der Waals surface area (Å²) in [4.78, 5) is 12.5. The van der Waals surface area contributed by atoms with Crippen molar-refractivity contribution in [2.24, 2.45) is 5.92 Å². The van der Waals surface area contributed by atoms with Gasteiger partial charge in [0.15, 0.2) is 0 Å². The highest BCUT2D eigenvalue weighted by atomic mass is 32.2. The van der Waals surface area contributed by atoms with Crippen molar-refractivity contribution in [3.63, 3.8) is 0 Å². The molecule has 3 rings (SSSR count). The van der Waals surface area contributed by atoms with Crippen LogP contribution in [0, 0.1) is 5.92 Å². The van der Waals surface area contributed by atoms with E-state index in [1.165, 1.54) is 0 Å². The minimum Gasteiger partial charge on any atom is -0.349 e. The number of nitrogens with one attached hydrogen (secondary N) is 3. The molecular formula is C17H21N3O3S2. The fourth-order valence-electron chi connectivity index (χ4n) is 2.83. The van der Waals surface area contributed by atoms with E-state index in [4.69, 9.17) is 0 Å². The van der Waals surface area contributed by atoms with E-state index in [0.717, 1.165) is 30.8 Å². The van der Waals surface area contributed by atoms with Crippen molar-refractivity contribution in [3.05, 3.63) is 47.3 Å². The van der Waals surface area contributed by atoms with Crippen LogP contribution in [0.3, 0.4) is 0 Å². The number of amides is 1. The zero-order valence-corrected chi connectivity index (χ0v) is 15.5. The van der Waals surface area contributed by atoms with Crippen LogP contribution in [0.2, 0.25) is 0 Å². The first kappa shape index (κ1) is 17.9. The smallest absolute Gasteiger partial charge is 0.271 e. The second-order valence-corrected chi connectivity index (χ2v) is 9.03. The average Bonchev–Trinajstić information content (AvgIpc) is 3.12. The van der Waals surface area contributed by atoms with Crippen LogP contribution in [0.5, 0.6) is 0 Å². The van der Waals surface area contributed by atoms with Gasteiger partial charge >= 0.3 is 0 Å². The maximum atomic E-state index is 12.5. The number of anilines is 1. The van der Waals surface area contributed by atoms with E-state index < -0.39 is 10.0 Å². The minimum absolute atomic E-state index is 0.125. The molecule has 1 aliphatic heterocycles. The molecule has 1 fully saturated rings. The van der Waals surface area contributed by atoms with Gasteiger partial charge in [-0.25, -0.2) is 8.42 Å². The van der Waals surface area contributed by atoms with Crippen molar-refractivity contribution in [1.29, 1.82) is 0 Å². The summed E-state index contributed by atoms with van der Waals surface area (Å²) in [6.07, 6.45) is 0.887. The van der Waals surface area contributed by atoms with Crippen LogP contribution < -0.4 is 15.4 Å². The maximum Gasteiger partial charge on any atom is 0.271 e. The van der Waals surface area contributed by atoms with Gasteiger partial charge < -0.3 is 10.6 Å². The van der Waals surface area contributed by atoms with Crippen molar-refractivity contribution < 1.29 is 13.2 Å². The van der Waals surface area contributed by atoms with Crippen molar-refractivity contribution in [3.8, 4) is 0 Å². The Morgan fingerprint density at radius 1 is 1.28 bits per heavy atom. The molecule has 2 aromatic rings. The van der Waals surface area contributed by atoms with Gasteiger partial charge in [-0.2, -0.15) is 0 Å². The highest BCUT2D eigenvalue weighted by Crippen LogP contribution is 2.21. The lowest BCUT2D eigenvalue weighted by Gasteiger charge is -2.30. The lowest BCUT2D eigenvalue weighted by atomic mass is 9.95. The largest absolute Gasteiger partial charge is 0.349 e. The molecule has 2 heterocycles. The first-order valence-corrected chi connectivity index (χ1v) is 10.5. The molecule has 1 amide bonds. The topological polar surface area (TPSA) is 87.3 Å². The van der Waals surface area contributed by atoms with Gasteiger partial charge in [-0.05, 0) is 55.1 Å². The molecule has 0 saturated carbocycles. The zero-order valence-electron chi connectivity index (χ0n) is 13.9. The molecular weight excluding hydrogens is 358 g/mol. The third-order valence-electron chi connectivity index (χ3n) is 4.24. The van der Waals surface area contributed by atoms with Gasteiger partial charge in [0.05, 0.1) is 0 Å². The van der Waals surface area contributed by atoms with Crippen LogP contribution in [0.1, 0.15) is 23.7 Å². The molecule has 3 N–H and O–H groups in total. The highest BCUT2D eigenvalue weighted by Gasteiger charge is 2.23. The summed E-state index contributed by atoms with van der Waals surface area (Å²) in [7, 11) is -3.62. The monoisotopic (exact) mass is 379 g/mol. The van der Waals surface area contributed by atoms with Crippen LogP contribution in [0.25, 0.3) is 0 Å². The molecule has 134 valence electrons. The normalized spacial score (nSPS) is 20.8. The van der Waals surface area contributed by atoms with E-state index in [2.05, 4.69) is 22.3 Å². The Morgan fingerprint density at radius 2 is 2.12 bits per heavy atom. The SMILES string of the molecule is CC1CNCCC1NC(=O)c1cccc(NS(=O)(=O)c2cccs2)c1. The van der Waals surface area contributed by atoms with Gasteiger partial charge in [0.1, 0.15) is 4.21 Å². The number of rotatable bonds is 5. The van der Waals surface area contributed by atoms with E-state index in [1.807, 2.05) is 0 Å². The minimum atomic E-state index is -3.62. The fourth-order valence-corrected chi connectivity index (χ4v) is 4.87. The molecule has 1 aliphatic rings. The third-order valence-corrected chi connectivity index (χ3v) is 7.02. The Morgan fingerprint density at radius 3 is 2.84 bits per heavy atom. The molecule has 1 aromatic heterocycles. The standard InChI is InChI=1S/C17H21N3O3S2/c1-12-11-18-8-7-15(12)19-17(21)13-4-2-5-14(10-13)20-25(22,23)16-6-3-9-24-16/h2-6,9-10,12,15,18,20H,7-8,11H2,1H3,(H,19,21). The first-order valence-electron chi connectivity index (χ1n) is 8.14. The Balaban J connectivity index is 1.72. The van der Waals surface area contributed by atoms with Crippen molar-refractivity contribution in [2.75, 3.05) is 17.8 Å². The molecule has 0 spiro atoms. The number of hydrogen-bond donors (Lipinski definition) is 3.